The Labute approximate surface area is 105 Å². The molecule has 0 spiro atoms. The van der Waals surface area contributed by atoms with E-state index >= 15 is 0 Å². The highest BCUT2D eigenvalue weighted by Gasteiger charge is 2.30. The van der Waals surface area contributed by atoms with E-state index in [-0.39, 0.29) is 12.1 Å². The molecule has 18 heavy (non-hydrogen) atoms. The summed E-state index contributed by atoms with van der Waals surface area (Å²) in [7, 11) is -3.31. The number of pyridine rings is 1. The molecule has 5 nitrogen and oxygen atoms in total. The quantitative estimate of drug-likeness (QED) is 0.880. The zero-order valence-electron chi connectivity index (χ0n) is 10.4. The Balaban J connectivity index is 2.77. The van der Waals surface area contributed by atoms with E-state index < -0.39 is 26.3 Å². The number of nitrogens with zero attached hydrogens (tertiary/aromatic N) is 1. The van der Waals surface area contributed by atoms with Gasteiger partial charge in [-0.2, -0.15) is 0 Å². The number of nitrogens with one attached hydrogen (secondary N) is 1. The highest BCUT2D eigenvalue weighted by Crippen LogP contribution is 2.14. The van der Waals surface area contributed by atoms with E-state index in [0.717, 1.165) is 12.5 Å². The van der Waals surface area contributed by atoms with Crippen LogP contribution in [0.4, 0.5) is 4.39 Å². The van der Waals surface area contributed by atoms with E-state index in [1.807, 2.05) is 0 Å². The summed E-state index contributed by atoms with van der Waals surface area (Å²) in [6, 6.07) is 1.23. The topological polar surface area (TPSA) is 76.1 Å². The lowest BCUT2D eigenvalue weighted by Crippen LogP contribution is -2.43. The number of amides is 1. The largest absolute Gasteiger partial charge is 0.350 e. The summed E-state index contributed by atoms with van der Waals surface area (Å²) >= 11 is 0. The molecule has 0 aliphatic heterocycles. The number of rotatable bonds is 4. The van der Waals surface area contributed by atoms with E-state index in [4.69, 9.17) is 0 Å². The molecular weight excluding hydrogens is 259 g/mol. The zero-order valence-corrected chi connectivity index (χ0v) is 11.2. The van der Waals surface area contributed by atoms with Gasteiger partial charge in [0.05, 0.1) is 16.5 Å². The standard InChI is InChI=1S/C11H15FN2O3S/c1-11(2,18(3,16)17)7-14-10(15)8-4-5-13-6-9(8)12/h4-6H,7H2,1-3H3,(H,14,15). The number of carbonyl (C=O) groups is 1. The van der Waals surface area contributed by atoms with Crippen LogP contribution in [-0.2, 0) is 9.84 Å². The third kappa shape index (κ3) is 3.25. The molecule has 0 aliphatic rings. The van der Waals surface area contributed by atoms with Gasteiger partial charge in [-0.3, -0.25) is 9.78 Å². The molecule has 1 heterocycles. The Kier molecular flexibility index (Phi) is 4.05. The van der Waals surface area contributed by atoms with Crippen LogP contribution < -0.4 is 5.32 Å². The van der Waals surface area contributed by atoms with E-state index in [0.29, 0.717) is 0 Å². The van der Waals surface area contributed by atoms with Gasteiger partial charge in [0.25, 0.3) is 5.91 Å². The van der Waals surface area contributed by atoms with Crippen LogP contribution >= 0.6 is 0 Å². The molecule has 0 unspecified atom stereocenters. The Morgan fingerprint density at radius 1 is 1.50 bits per heavy atom. The first-order valence-electron chi connectivity index (χ1n) is 5.22. The molecular formula is C11H15FN2O3S. The van der Waals surface area contributed by atoms with Crippen LogP contribution in [0.1, 0.15) is 24.2 Å². The number of hydrogen-bond donors (Lipinski definition) is 1. The van der Waals surface area contributed by atoms with Crippen LogP contribution in [0.3, 0.4) is 0 Å². The number of halogens is 1. The van der Waals surface area contributed by atoms with Crippen LogP contribution in [0.15, 0.2) is 18.5 Å². The summed E-state index contributed by atoms with van der Waals surface area (Å²) in [5.41, 5.74) is -0.158. The van der Waals surface area contributed by atoms with Crippen molar-refractivity contribution in [1.82, 2.24) is 10.3 Å². The lowest BCUT2D eigenvalue weighted by molar-refractivity contribution is 0.0946. The molecule has 0 saturated heterocycles. The summed E-state index contributed by atoms with van der Waals surface area (Å²) in [5, 5.41) is 2.40. The van der Waals surface area contributed by atoms with E-state index in [1.54, 1.807) is 0 Å². The lowest BCUT2D eigenvalue weighted by atomic mass is 10.2. The van der Waals surface area contributed by atoms with Gasteiger partial charge >= 0.3 is 0 Å². The molecule has 1 aromatic rings. The van der Waals surface area contributed by atoms with Crippen LogP contribution in [0, 0.1) is 5.82 Å². The fraction of sp³-hybridized carbons (Fsp3) is 0.455. The van der Waals surface area contributed by atoms with Crippen LogP contribution in [0.2, 0.25) is 0 Å². The zero-order chi connectivity index (χ0) is 14.0. The van der Waals surface area contributed by atoms with Crippen molar-refractivity contribution in [3.63, 3.8) is 0 Å². The maximum atomic E-state index is 13.3. The van der Waals surface area contributed by atoms with Gasteiger partial charge in [-0.05, 0) is 19.9 Å². The fourth-order valence-corrected chi connectivity index (χ4v) is 1.41. The van der Waals surface area contributed by atoms with Gasteiger partial charge in [-0.1, -0.05) is 0 Å². The molecule has 0 radical (unpaired) electrons. The highest BCUT2D eigenvalue weighted by atomic mass is 32.2. The van der Waals surface area contributed by atoms with Crippen molar-refractivity contribution in [2.24, 2.45) is 0 Å². The van der Waals surface area contributed by atoms with Crippen LogP contribution in [0.25, 0.3) is 0 Å². The van der Waals surface area contributed by atoms with E-state index in [2.05, 4.69) is 10.3 Å². The fourth-order valence-electron chi connectivity index (χ4n) is 1.08. The van der Waals surface area contributed by atoms with E-state index in [1.165, 1.54) is 26.1 Å². The minimum atomic E-state index is -3.31. The van der Waals surface area contributed by atoms with Crippen molar-refractivity contribution in [3.8, 4) is 0 Å². The Hall–Kier alpha value is -1.50. The first-order valence-corrected chi connectivity index (χ1v) is 7.11. The molecule has 0 fully saturated rings. The minimum Gasteiger partial charge on any atom is -0.350 e. The molecule has 100 valence electrons. The highest BCUT2D eigenvalue weighted by molar-refractivity contribution is 7.92. The summed E-state index contributed by atoms with van der Waals surface area (Å²) in [5.74, 6) is -1.40. The summed E-state index contributed by atoms with van der Waals surface area (Å²) in [6.07, 6.45) is 3.31. The number of sulfone groups is 1. The van der Waals surface area contributed by atoms with Crippen LogP contribution in [-0.4, -0.2) is 36.9 Å². The van der Waals surface area contributed by atoms with Crippen molar-refractivity contribution in [3.05, 3.63) is 29.8 Å². The van der Waals surface area contributed by atoms with Gasteiger partial charge in [-0.25, -0.2) is 12.8 Å². The average molecular weight is 274 g/mol. The van der Waals surface area contributed by atoms with Crippen molar-refractivity contribution >= 4 is 15.7 Å². The van der Waals surface area contributed by atoms with Crippen molar-refractivity contribution in [1.29, 1.82) is 0 Å². The smallest absolute Gasteiger partial charge is 0.254 e. The molecule has 0 aliphatic carbocycles. The molecule has 1 N–H and O–H groups in total. The normalized spacial score (nSPS) is 12.2. The Morgan fingerprint density at radius 2 is 2.11 bits per heavy atom. The van der Waals surface area contributed by atoms with Gasteiger partial charge in [0.2, 0.25) is 0 Å². The molecule has 1 amide bonds. The SMILES string of the molecule is CC(C)(CNC(=O)c1ccncc1F)S(C)(=O)=O. The molecule has 0 saturated carbocycles. The Morgan fingerprint density at radius 3 is 2.61 bits per heavy atom. The number of hydrogen-bond acceptors (Lipinski definition) is 4. The Bertz CT molecular complexity index is 555. The van der Waals surface area contributed by atoms with Crippen molar-refractivity contribution < 1.29 is 17.6 Å². The lowest BCUT2D eigenvalue weighted by Gasteiger charge is -2.22. The first kappa shape index (κ1) is 14.6. The first-order chi connectivity index (χ1) is 8.15. The molecule has 1 rings (SSSR count). The maximum Gasteiger partial charge on any atom is 0.254 e. The molecule has 0 aromatic carbocycles. The monoisotopic (exact) mass is 274 g/mol. The van der Waals surface area contributed by atoms with Crippen molar-refractivity contribution in [2.45, 2.75) is 18.6 Å². The molecule has 0 atom stereocenters. The summed E-state index contributed by atoms with van der Waals surface area (Å²) < 4.78 is 35.0. The van der Waals surface area contributed by atoms with Crippen molar-refractivity contribution in [2.75, 3.05) is 12.8 Å². The van der Waals surface area contributed by atoms with Gasteiger partial charge in [0.15, 0.2) is 15.7 Å². The summed E-state index contributed by atoms with van der Waals surface area (Å²) in [6.45, 7) is 2.89. The number of carbonyl (C=O) groups excluding carboxylic acids is 1. The van der Waals surface area contributed by atoms with Gasteiger partial charge in [0.1, 0.15) is 0 Å². The second kappa shape index (κ2) is 5.01. The van der Waals surface area contributed by atoms with Gasteiger partial charge in [-0.15, -0.1) is 0 Å². The van der Waals surface area contributed by atoms with Crippen LogP contribution in [0.5, 0.6) is 0 Å². The minimum absolute atomic E-state index is 0.0908. The average Bonchev–Trinajstić information content (AvgIpc) is 2.25. The second-order valence-electron chi connectivity index (χ2n) is 4.57. The molecule has 0 bridgehead atoms. The predicted octanol–water partition coefficient (Wildman–Crippen LogP) is 0.774. The third-order valence-corrected chi connectivity index (χ3v) is 4.85. The predicted molar refractivity (Wildman–Crippen MR) is 65.5 cm³/mol. The molecule has 1 aromatic heterocycles. The molecule has 7 heteroatoms. The maximum absolute atomic E-state index is 13.3. The van der Waals surface area contributed by atoms with E-state index in [9.17, 15) is 17.6 Å². The van der Waals surface area contributed by atoms with Gasteiger partial charge < -0.3 is 5.32 Å². The van der Waals surface area contributed by atoms with Gasteiger partial charge in [0, 0.05) is 19.0 Å². The summed E-state index contributed by atoms with van der Waals surface area (Å²) in [4.78, 5) is 15.2. The third-order valence-electron chi connectivity index (χ3n) is 2.70. The second-order valence-corrected chi connectivity index (χ2v) is 7.22. The number of aromatic nitrogens is 1.